The van der Waals surface area contributed by atoms with Gasteiger partial charge in [-0.25, -0.2) is 4.98 Å². The van der Waals surface area contributed by atoms with Gasteiger partial charge in [0, 0.05) is 18.9 Å². The molecule has 0 aliphatic carbocycles. The van der Waals surface area contributed by atoms with Crippen molar-refractivity contribution < 1.29 is 37.3 Å². The van der Waals surface area contributed by atoms with Crippen molar-refractivity contribution in [3.8, 4) is 17.4 Å². The largest absolute Gasteiger partial charge is 0.493 e. The van der Waals surface area contributed by atoms with Gasteiger partial charge in [-0.3, -0.25) is 9.59 Å². The third-order valence-electron chi connectivity index (χ3n) is 3.62. The number of aromatic nitrogens is 1. The van der Waals surface area contributed by atoms with Crippen LogP contribution in [0.15, 0.2) is 36.5 Å². The Labute approximate surface area is 171 Å². The van der Waals surface area contributed by atoms with E-state index in [2.05, 4.69) is 20.4 Å². The molecule has 0 saturated carbocycles. The number of carbonyl (C=O) groups is 2. The molecule has 9 nitrogen and oxygen atoms in total. The Morgan fingerprint density at radius 1 is 1.13 bits per heavy atom. The molecule has 2 aromatic rings. The van der Waals surface area contributed by atoms with E-state index in [1.807, 2.05) is 0 Å². The Bertz CT molecular complexity index is 866. The number of nitrogens with one attached hydrogen (secondary N) is 2. The van der Waals surface area contributed by atoms with Crippen LogP contribution < -0.4 is 24.8 Å². The third kappa shape index (κ3) is 6.85. The minimum absolute atomic E-state index is 0.0411. The van der Waals surface area contributed by atoms with Crippen molar-refractivity contribution in [2.75, 3.05) is 39.3 Å². The van der Waals surface area contributed by atoms with Crippen LogP contribution in [-0.4, -0.2) is 57.4 Å². The van der Waals surface area contributed by atoms with Gasteiger partial charge in [0.25, 0.3) is 5.91 Å². The molecule has 1 heterocycles. The highest BCUT2D eigenvalue weighted by molar-refractivity contribution is 6.00. The molecule has 2 rings (SSSR count). The molecule has 1 aromatic carbocycles. The lowest BCUT2D eigenvalue weighted by Gasteiger charge is -2.12. The quantitative estimate of drug-likeness (QED) is 0.531. The van der Waals surface area contributed by atoms with Crippen molar-refractivity contribution in [1.82, 2.24) is 10.3 Å². The Balaban J connectivity index is 1.94. The van der Waals surface area contributed by atoms with E-state index in [-0.39, 0.29) is 36.1 Å². The summed E-state index contributed by atoms with van der Waals surface area (Å²) < 4.78 is 44.3. The molecule has 0 aliphatic rings. The summed E-state index contributed by atoms with van der Waals surface area (Å²) in [6, 6.07) is 6.90. The molecule has 0 saturated heterocycles. The molecule has 0 aliphatic heterocycles. The van der Waals surface area contributed by atoms with Gasteiger partial charge in [0.1, 0.15) is 12.3 Å². The normalized spacial score (nSPS) is 10.4. The summed E-state index contributed by atoms with van der Waals surface area (Å²) in [5.41, 5.74) is 0.439. The van der Waals surface area contributed by atoms with Crippen LogP contribution in [0.3, 0.4) is 0 Å². The van der Waals surface area contributed by atoms with Crippen LogP contribution >= 0.6 is 0 Å². The summed E-state index contributed by atoms with van der Waals surface area (Å²) in [4.78, 5) is 28.5. The van der Waals surface area contributed by atoms with Crippen LogP contribution in [-0.2, 0) is 9.53 Å². The number of halogens is 2. The molecule has 30 heavy (non-hydrogen) atoms. The van der Waals surface area contributed by atoms with Gasteiger partial charge in [-0.2, -0.15) is 8.78 Å². The number of hydrogen-bond acceptors (Lipinski definition) is 7. The Kier molecular flexibility index (Phi) is 8.75. The first-order valence-corrected chi connectivity index (χ1v) is 8.72. The number of carbonyl (C=O) groups excluding carboxylic acids is 2. The minimum atomic E-state index is -3.03. The lowest BCUT2D eigenvalue weighted by Crippen LogP contribution is -2.33. The van der Waals surface area contributed by atoms with Crippen LogP contribution in [0.5, 0.6) is 17.4 Å². The van der Waals surface area contributed by atoms with Crippen molar-refractivity contribution in [1.29, 1.82) is 0 Å². The van der Waals surface area contributed by atoms with E-state index in [1.54, 1.807) is 12.1 Å². The molecule has 2 N–H and O–H groups in total. The maximum Gasteiger partial charge on any atom is 0.387 e. The lowest BCUT2D eigenvalue weighted by molar-refractivity contribution is -0.115. The van der Waals surface area contributed by atoms with Gasteiger partial charge in [0.15, 0.2) is 11.5 Å². The Morgan fingerprint density at radius 2 is 1.93 bits per heavy atom. The molecule has 0 unspecified atom stereocenters. The van der Waals surface area contributed by atoms with Gasteiger partial charge in [-0.1, -0.05) is 0 Å². The maximum atomic E-state index is 12.4. The number of anilines is 1. The first-order chi connectivity index (χ1) is 14.4. The van der Waals surface area contributed by atoms with Crippen LogP contribution in [0.1, 0.15) is 10.4 Å². The molecule has 2 amide bonds. The van der Waals surface area contributed by atoms with Gasteiger partial charge in [0.2, 0.25) is 11.8 Å². The summed E-state index contributed by atoms with van der Waals surface area (Å²) >= 11 is 0. The number of pyridine rings is 1. The average Bonchev–Trinajstić information content (AvgIpc) is 2.73. The molecular formula is C19H21F2N3O6. The summed E-state index contributed by atoms with van der Waals surface area (Å²) in [5, 5.41) is 5.01. The first kappa shape index (κ1) is 22.8. The van der Waals surface area contributed by atoms with Crippen molar-refractivity contribution >= 4 is 17.5 Å². The number of ether oxygens (including phenoxy) is 4. The smallest absolute Gasteiger partial charge is 0.387 e. The number of alkyl halides is 2. The number of nitrogens with zero attached hydrogens (tertiary/aromatic N) is 1. The predicted octanol–water partition coefficient (Wildman–Crippen LogP) is 2.09. The maximum absolute atomic E-state index is 12.4. The second-order valence-electron chi connectivity index (χ2n) is 5.67. The molecular weight excluding hydrogens is 404 g/mol. The van der Waals surface area contributed by atoms with Crippen LogP contribution in [0.4, 0.5) is 14.5 Å². The fourth-order valence-electron chi connectivity index (χ4n) is 2.28. The van der Waals surface area contributed by atoms with Crippen molar-refractivity contribution in [3.63, 3.8) is 0 Å². The van der Waals surface area contributed by atoms with E-state index in [9.17, 15) is 18.4 Å². The highest BCUT2D eigenvalue weighted by atomic mass is 19.3. The predicted molar refractivity (Wildman–Crippen MR) is 102 cm³/mol. The number of rotatable bonds is 11. The van der Waals surface area contributed by atoms with Crippen molar-refractivity contribution in [2.24, 2.45) is 0 Å². The first-order valence-electron chi connectivity index (χ1n) is 8.72. The number of amides is 2. The summed E-state index contributed by atoms with van der Waals surface area (Å²) in [6.45, 7) is -2.77. The van der Waals surface area contributed by atoms with E-state index >= 15 is 0 Å². The summed E-state index contributed by atoms with van der Waals surface area (Å²) in [7, 11) is 2.78. The van der Waals surface area contributed by atoms with Gasteiger partial charge >= 0.3 is 6.61 Å². The van der Waals surface area contributed by atoms with Gasteiger partial charge in [-0.15, -0.1) is 0 Å². The zero-order valence-electron chi connectivity index (χ0n) is 16.3. The molecule has 0 fully saturated rings. The standard InChI is InChI=1S/C19H21F2N3O6/c1-27-8-9-29-18-13(4-3-7-22-18)24-16(25)11-23-17(26)12-5-6-14(30-19(20)21)15(10-12)28-2/h3-7,10,19H,8-9,11H2,1-2H3,(H,23,26)(H,24,25). The highest BCUT2D eigenvalue weighted by Gasteiger charge is 2.15. The topological polar surface area (TPSA) is 108 Å². The van der Waals surface area contributed by atoms with E-state index in [0.29, 0.717) is 12.3 Å². The molecule has 0 spiro atoms. The SMILES string of the molecule is COCCOc1ncccc1NC(=O)CNC(=O)c1ccc(OC(F)F)c(OC)c1. The summed E-state index contributed by atoms with van der Waals surface area (Å²) in [6.07, 6.45) is 1.51. The molecule has 162 valence electrons. The zero-order valence-corrected chi connectivity index (χ0v) is 16.3. The van der Waals surface area contributed by atoms with Crippen LogP contribution in [0, 0.1) is 0 Å². The number of methoxy groups -OCH3 is 2. The molecule has 1 aromatic heterocycles. The zero-order chi connectivity index (χ0) is 21.9. The number of hydrogen-bond donors (Lipinski definition) is 2. The second kappa shape index (κ2) is 11.5. The minimum Gasteiger partial charge on any atom is -0.493 e. The molecule has 0 atom stereocenters. The van der Waals surface area contributed by atoms with E-state index in [4.69, 9.17) is 14.2 Å². The van der Waals surface area contributed by atoms with Crippen LogP contribution in [0.25, 0.3) is 0 Å². The van der Waals surface area contributed by atoms with E-state index < -0.39 is 18.4 Å². The molecule has 0 radical (unpaired) electrons. The Morgan fingerprint density at radius 3 is 2.63 bits per heavy atom. The van der Waals surface area contributed by atoms with Gasteiger partial charge in [0.05, 0.1) is 20.3 Å². The van der Waals surface area contributed by atoms with Crippen molar-refractivity contribution in [3.05, 3.63) is 42.1 Å². The Hall–Kier alpha value is -3.47. The van der Waals surface area contributed by atoms with Crippen LogP contribution in [0.2, 0.25) is 0 Å². The summed E-state index contributed by atoms with van der Waals surface area (Å²) in [5.74, 6) is -1.15. The average molecular weight is 425 g/mol. The third-order valence-corrected chi connectivity index (χ3v) is 3.62. The second-order valence-corrected chi connectivity index (χ2v) is 5.67. The van der Waals surface area contributed by atoms with Gasteiger partial charge in [-0.05, 0) is 30.3 Å². The van der Waals surface area contributed by atoms with E-state index in [0.717, 1.165) is 0 Å². The monoisotopic (exact) mass is 425 g/mol. The van der Waals surface area contributed by atoms with Gasteiger partial charge < -0.3 is 29.6 Å². The fourth-order valence-corrected chi connectivity index (χ4v) is 2.28. The van der Waals surface area contributed by atoms with Crippen molar-refractivity contribution in [2.45, 2.75) is 6.61 Å². The van der Waals surface area contributed by atoms with E-state index in [1.165, 1.54) is 38.6 Å². The molecule has 0 bridgehead atoms. The lowest BCUT2D eigenvalue weighted by atomic mass is 10.2. The highest BCUT2D eigenvalue weighted by Crippen LogP contribution is 2.29. The fraction of sp³-hybridized carbons (Fsp3) is 0.316. The molecule has 11 heteroatoms. The number of benzene rings is 1.